The summed E-state index contributed by atoms with van der Waals surface area (Å²) >= 11 is 0. The van der Waals surface area contributed by atoms with E-state index in [1.54, 1.807) is 36.4 Å². The van der Waals surface area contributed by atoms with Crippen molar-refractivity contribution in [2.45, 2.75) is 6.92 Å². The minimum atomic E-state index is -0.411. The summed E-state index contributed by atoms with van der Waals surface area (Å²) in [5.74, 6) is 0.307. The first-order chi connectivity index (χ1) is 8.20. The van der Waals surface area contributed by atoms with Crippen LogP contribution in [0.1, 0.15) is 15.9 Å². The number of aryl methyl sites for hydroxylation is 1. The fraction of sp³-hybridized carbons (Fsp3) is 0.0714. The first-order valence-corrected chi connectivity index (χ1v) is 5.19. The van der Waals surface area contributed by atoms with Crippen molar-refractivity contribution in [2.24, 2.45) is 0 Å². The number of benzene rings is 2. The summed E-state index contributed by atoms with van der Waals surface area (Å²) in [6, 6.07) is 11.2. The maximum Gasteiger partial charge on any atom is 0.165 e. The highest BCUT2D eigenvalue weighted by molar-refractivity contribution is 5.75. The van der Waals surface area contributed by atoms with Gasteiger partial charge in [-0.05, 0) is 42.8 Å². The molecule has 2 aromatic carbocycles. The van der Waals surface area contributed by atoms with Gasteiger partial charge in [0, 0.05) is 5.56 Å². The molecule has 0 unspecified atom stereocenters. The molecule has 2 aromatic rings. The third-order valence-electron chi connectivity index (χ3n) is 2.39. The Balaban J connectivity index is 2.31. The number of halogens is 1. The largest absolute Gasteiger partial charge is 0.454 e. The average molecular weight is 230 g/mol. The molecule has 0 aromatic heterocycles. The number of aldehydes is 1. The van der Waals surface area contributed by atoms with Gasteiger partial charge in [-0.15, -0.1) is 0 Å². The molecule has 0 saturated heterocycles. The summed E-state index contributed by atoms with van der Waals surface area (Å²) in [6.45, 7) is 1.81. The molecule has 2 nitrogen and oxygen atoms in total. The van der Waals surface area contributed by atoms with Gasteiger partial charge in [-0.3, -0.25) is 4.79 Å². The van der Waals surface area contributed by atoms with Crippen LogP contribution in [-0.4, -0.2) is 6.29 Å². The molecule has 17 heavy (non-hydrogen) atoms. The van der Waals surface area contributed by atoms with Gasteiger partial charge in [-0.1, -0.05) is 12.1 Å². The van der Waals surface area contributed by atoms with Gasteiger partial charge in [0.2, 0.25) is 0 Å². The molecule has 0 fully saturated rings. The standard InChI is InChI=1S/C14H11FO2/c1-10-8-11(9-16)6-7-13(10)17-14-5-3-2-4-12(14)15/h2-9H,1H3. The minimum absolute atomic E-state index is 0.175. The highest BCUT2D eigenvalue weighted by Gasteiger charge is 2.06. The molecule has 0 saturated carbocycles. The molecular formula is C14H11FO2. The van der Waals surface area contributed by atoms with Crippen molar-refractivity contribution >= 4 is 6.29 Å². The number of ether oxygens (including phenoxy) is 1. The van der Waals surface area contributed by atoms with Crippen LogP contribution in [0.15, 0.2) is 42.5 Å². The van der Waals surface area contributed by atoms with E-state index < -0.39 is 5.82 Å². The lowest BCUT2D eigenvalue weighted by molar-refractivity contribution is 0.112. The van der Waals surface area contributed by atoms with Crippen molar-refractivity contribution < 1.29 is 13.9 Å². The fourth-order valence-electron chi connectivity index (χ4n) is 1.51. The molecule has 0 aliphatic rings. The third-order valence-corrected chi connectivity index (χ3v) is 2.39. The van der Waals surface area contributed by atoms with Gasteiger partial charge in [0.25, 0.3) is 0 Å². The number of hydrogen-bond donors (Lipinski definition) is 0. The van der Waals surface area contributed by atoms with Crippen LogP contribution < -0.4 is 4.74 Å². The summed E-state index contributed by atoms with van der Waals surface area (Å²) < 4.78 is 18.8. The number of hydrogen-bond acceptors (Lipinski definition) is 2. The molecule has 0 aliphatic heterocycles. The van der Waals surface area contributed by atoms with Crippen molar-refractivity contribution in [3.05, 3.63) is 59.4 Å². The molecular weight excluding hydrogens is 219 g/mol. The predicted octanol–water partition coefficient (Wildman–Crippen LogP) is 3.74. The summed E-state index contributed by atoms with van der Waals surface area (Å²) in [4.78, 5) is 10.6. The number of para-hydroxylation sites is 1. The lowest BCUT2D eigenvalue weighted by atomic mass is 10.1. The second-order valence-electron chi connectivity index (χ2n) is 3.68. The molecule has 86 valence electrons. The Bertz CT molecular complexity index is 550. The zero-order chi connectivity index (χ0) is 12.3. The van der Waals surface area contributed by atoms with Crippen LogP contribution in [0.3, 0.4) is 0 Å². The normalized spacial score (nSPS) is 10.0. The Morgan fingerprint density at radius 1 is 1.12 bits per heavy atom. The molecule has 0 spiro atoms. The maximum absolute atomic E-state index is 13.4. The Morgan fingerprint density at radius 2 is 1.88 bits per heavy atom. The van der Waals surface area contributed by atoms with Gasteiger partial charge in [0.15, 0.2) is 11.6 Å². The Kier molecular flexibility index (Phi) is 3.19. The summed E-state index contributed by atoms with van der Waals surface area (Å²) in [5, 5.41) is 0. The van der Waals surface area contributed by atoms with Crippen LogP contribution in [-0.2, 0) is 0 Å². The van der Waals surface area contributed by atoms with Crippen molar-refractivity contribution in [1.82, 2.24) is 0 Å². The molecule has 0 N–H and O–H groups in total. The summed E-state index contributed by atoms with van der Waals surface area (Å²) in [7, 11) is 0. The van der Waals surface area contributed by atoms with Gasteiger partial charge < -0.3 is 4.74 Å². The van der Waals surface area contributed by atoms with Crippen LogP contribution in [0.4, 0.5) is 4.39 Å². The van der Waals surface area contributed by atoms with E-state index in [0.717, 1.165) is 11.8 Å². The van der Waals surface area contributed by atoms with E-state index in [0.29, 0.717) is 11.3 Å². The average Bonchev–Trinajstić information content (AvgIpc) is 2.34. The Hall–Kier alpha value is -2.16. The molecule has 0 amide bonds. The minimum Gasteiger partial charge on any atom is -0.454 e. The van der Waals surface area contributed by atoms with Crippen molar-refractivity contribution in [2.75, 3.05) is 0 Å². The quantitative estimate of drug-likeness (QED) is 0.751. The third kappa shape index (κ3) is 2.50. The number of carbonyl (C=O) groups excluding carboxylic acids is 1. The zero-order valence-corrected chi connectivity index (χ0v) is 9.31. The van der Waals surface area contributed by atoms with Gasteiger partial charge >= 0.3 is 0 Å². The van der Waals surface area contributed by atoms with Crippen LogP contribution in [0.2, 0.25) is 0 Å². The van der Waals surface area contributed by atoms with Gasteiger partial charge in [0.1, 0.15) is 12.0 Å². The molecule has 3 heteroatoms. The maximum atomic E-state index is 13.4. The van der Waals surface area contributed by atoms with Gasteiger partial charge in [-0.25, -0.2) is 4.39 Å². The van der Waals surface area contributed by atoms with E-state index in [2.05, 4.69) is 0 Å². The van der Waals surface area contributed by atoms with Gasteiger partial charge in [-0.2, -0.15) is 0 Å². The monoisotopic (exact) mass is 230 g/mol. The van der Waals surface area contributed by atoms with Crippen LogP contribution in [0.5, 0.6) is 11.5 Å². The second kappa shape index (κ2) is 4.78. The smallest absolute Gasteiger partial charge is 0.165 e. The van der Waals surface area contributed by atoms with Crippen LogP contribution in [0, 0.1) is 12.7 Å². The number of rotatable bonds is 3. The molecule has 0 atom stereocenters. The fourth-order valence-corrected chi connectivity index (χ4v) is 1.51. The van der Waals surface area contributed by atoms with Crippen molar-refractivity contribution in [1.29, 1.82) is 0 Å². The van der Waals surface area contributed by atoms with E-state index in [-0.39, 0.29) is 5.75 Å². The molecule has 0 radical (unpaired) electrons. The van der Waals surface area contributed by atoms with E-state index in [1.807, 2.05) is 6.92 Å². The Labute approximate surface area is 98.7 Å². The predicted molar refractivity (Wildman–Crippen MR) is 63.0 cm³/mol. The van der Waals surface area contributed by atoms with Gasteiger partial charge in [0.05, 0.1) is 0 Å². The SMILES string of the molecule is Cc1cc(C=O)ccc1Oc1ccccc1F. The van der Waals surface area contributed by atoms with E-state index in [4.69, 9.17) is 4.74 Å². The lowest BCUT2D eigenvalue weighted by Gasteiger charge is -2.09. The van der Waals surface area contributed by atoms with E-state index in [9.17, 15) is 9.18 Å². The summed E-state index contributed by atoms with van der Waals surface area (Å²) in [5.41, 5.74) is 1.36. The first-order valence-electron chi connectivity index (χ1n) is 5.19. The lowest BCUT2D eigenvalue weighted by Crippen LogP contribution is -1.91. The van der Waals surface area contributed by atoms with Crippen molar-refractivity contribution in [3.8, 4) is 11.5 Å². The van der Waals surface area contributed by atoms with Crippen LogP contribution >= 0.6 is 0 Å². The molecule has 0 heterocycles. The molecule has 0 aliphatic carbocycles. The topological polar surface area (TPSA) is 26.3 Å². The van der Waals surface area contributed by atoms with E-state index in [1.165, 1.54) is 6.07 Å². The first kappa shape index (κ1) is 11.3. The van der Waals surface area contributed by atoms with Crippen LogP contribution in [0.25, 0.3) is 0 Å². The molecule has 0 bridgehead atoms. The Morgan fingerprint density at radius 3 is 2.53 bits per heavy atom. The van der Waals surface area contributed by atoms with Crippen molar-refractivity contribution in [3.63, 3.8) is 0 Å². The second-order valence-corrected chi connectivity index (χ2v) is 3.68. The number of carbonyl (C=O) groups is 1. The summed E-state index contributed by atoms with van der Waals surface area (Å²) in [6.07, 6.45) is 0.764. The highest BCUT2D eigenvalue weighted by Crippen LogP contribution is 2.27. The zero-order valence-electron chi connectivity index (χ0n) is 9.31. The molecule has 2 rings (SSSR count). The highest BCUT2D eigenvalue weighted by atomic mass is 19.1. The van der Waals surface area contributed by atoms with E-state index >= 15 is 0 Å².